The van der Waals surface area contributed by atoms with Crippen molar-refractivity contribution < 1.29 is 14.5 Å². The van der Waals surface area contributed by atoms with Crippen LogP contribution in [-0.4, -0.2) is 15.5 Å². The molecule has 6 nitrogen and oxygen atoms in total. The number of carbonyl (C=O) groups excluding carboxylic acids is 1. The zero-order valence-electron chi connectivity index (χ0n) is 9.99. The summed E-state index contributed by atoms with van der Waals surface area (Å²) in [4.78, 5) is 21.2. The summed E-state index contributed by atoms with van der Waals surface area (Å²) < 4.78 is 6.74. The Bertz CT molecular complexity index is 618. The molecule has 0 bridgehead atoms. The molecule has 1 aromatic carbocycles. The molecular formula is C12H12N2O4. The van der Waals surface area contributed by atoms with Crippen LogP contribution in [-0.2, 0) is 9.53 Å². The van der Waals surface area contributed by atoms with E-state index in [1.165, 1.54) is 19.1 Å². The van der Waals surface area contributed by atoms with Gasteiger partial charge in [0.1, 0.15) is 0 Å². The van der Waals surface area contributed by atoms with Gasteiger partial charge in [-0.3, -0.25) is 14.9 Å². The lowest BCUT2D eigenvalue weighted by molar-refractivity contribution is -0.384. The molecule has 1 unspecified atom stereocenters. The van der Waals surface area contributed by atoms with Crippen LogP contribution in [0.4, 0.5) is 5.69 Å². The number of aromatic nitrogens is 1. The van der Waals surface area contributed by atoms with Gasteiger partial charge in [0.2, 0.25) is 0 Å². The molecule has 1 atom stereocenters. The number of nitrogens with zero attached hydrogens (tertiary/aromatic N) is 2. The van der Waals surface area contributed by atoms with Crippen LogP contribution in [0.2, 0.25) is 0 Å². The minimum atomic E-state index is -0.498. The van der Waals surface area contributed by atoms with Crippen LogP contribution < -0.4 is 0 Å². The smallest absolute Gasteiger partial charge is 0.304 e. The van der Waals surface area contributed by atoms with Gasteiger partial charge in [-0.25, -0.2) is 0 Å². The molecule has 0 aliphatic rings. The SMILES string of the molecule is CC(=O)OC(C)n1ccc2ccc([N+](=O)[O-])cc21. The van der Waals surface area contributed by atoms with E-state index in [-0.39, 0.29) is 5.69 Å². The van der Waals surface area contributed by atoms with Crippen LogP contribution in [0.5, 0.6) is 0 Å². The Balaban J connectivity index is 2.48. The van der Waals surface area contributed by atoms with Crippen molar-refractivity contribution in [3.63, 3.8) is 0 Å². The lowest BCUT2D eigenvalue weighted by atomic mass is 10.2. The standard InChI is InChI=1S/C12H12N2O4/c1-8(18-9(2)15)13-6-5-10-3-4-11(14(16)17)7-12(10)13/h3-8H,1-2H3. The second kappa shape index (κ2) is 4.48. The number of rotatable bonds is 3. The van der Waals surface area contributed by atoms with Crippen LogP contribution in [0.3, 0.4) is 0 Å². The molecule has 0 aliphatic carbocycles. The van der Waals surface area contributed by atoms with Crippen LogP contribution in [0.1, 0.15) is 20.1 Å². The summed E-state index contributed by atoms with van der Waals surface area (Å²) in [5.41, 5.74) is 0.676. The highest BCUT2D eigenvalue weighted by Crippen LogP contribution is 2.25. The average molecular weight is 248 g/mol. The molecule has 0 aliphatic heterocycles. The summed E-state index contributed by atoms with van der Waals surface area (Å²) in [5, 5.41) is 11.6. The van der Waals surface area contributed by atoms with E-state index in [1.807, 2.05) is 6.07 Å². The minimum Gasteiger partial charge on any atom is -0.442 e. The van der Waals surface area contributed by atoms with Crippen molar-refractivity contribution in [1.82, 2.24) is 4.57 Å². The molecule has 0 saturated carbocycles. The normalized spacial score (nSPS) is 12.3. The molecule has 2 rings (SSSR count). The van der Waals surface area contributed by atoms with Crippen LogP contribution in [0.25, 0.3) is 10.9 Å². The first kappa shape index (κ1) is 12.1. The fourth-order valence-electron chi connectivity index (χ4n) is 1.87. The molecule has 0 amide bonds. The molecule has 0 N–H and O–H groups in total. The van der Waals surface area contributed by atoms with Crippen molar-refractivity contribution in [2.24, 2.45) is 0 Å². The van der Waals surface area contributed by atoms with Crippen molar-refractivity contribution in [3.05, 3.63) is 40.6 Å². The number of esters is 1. The molecule has 0 spiro atoms. The maximum absolute atomic E-state index is 10.9. The van der Waals surface area contributed by atoms with Gasteiger partial charge in [-0.2, -0.15) is 0 Å². The first-order chi connectivity index (χ1) is 8.49. The van der Waals surface area contributed by atoms with Gasteiger partial charge in [0.05, 0.1) is 10.4 Å². The van der Waals surface area contributed by atoms with Crippen molar-refractivity contribution in [1.29, 1.82) is 0 Å². The number of benzene rings is 1. The second-order valence-corrected chi connectivity index (χ2v) is 3.93. The highest BCUT2D eigenvalue weighted by molar-refractivity contribution is 5.82. The summed E-state index contributed by atoms with van der Waals surface area (Å²) in [6, 6.07) is 6.40. The number of hydrogen-bond acceptors (Lipinski definition) is 4. The maximum Gasteiger partial charge on any atom is 0.304 e. The molecule has 18 heavy (non-hydrogen) atoms. The van der Waals surface area contributed by atoms with E-state index in [0.717, 1.165) is 5.39 Å². The van der Waals surface area contributed by atoms with E-state index in [0.29, 0.717) is 5.52 Å². The molecule has 2 aromatic rings. The zero-order chi connectivity index (χ0) is 13.3. The number of nitro groups is 1. The number of fused-ring (bicyclic) bond motifs is 1. The Hall–Kier alpha value is -2.37. The Labute approximate surface area is 103 Å². The number of nitro benzene ring substituents is 1. The number of ether oxygens (including phenoxy) is 1. The third-order valence-corrected chi connectivity index (χ3v) is 2.65. The predicted octanol–water partition coefficient (Wildman–Crippen LogP) is 2.63. The number of hydrogen-bond donors (Lipinski definition) is 0. The number of non-ortho nitro benzene ring substituents is 1. The monoisotopic (exact) mass is 248 g/mol. The largest absolute Gasteiger partial charge is 0.442 e. The average Bonchev–Trinajstić information content (AvgIpc) is 2.70. The van der Waals surface area contributed by atoms with E-state index in [2.05, 4.69) is 0 Å². The van der Waals surface area contributed by atoms with E-state index < -0.39 is 17.1 Å². The van der Waals surface area contributed by atoms with Gasteiger partial charge in [-0.1, -0.05) is 0 Å². The van der Waals surface area contributed by atoms with Gasteiger partial charge < -0.3 is 9.30 Å². The van der Waals surface area contributed by atoms with Crippen LogP contribution in [0, 0.1) is 10.1 Å². The highest BCUT2D eigenvalue weighted by Gasteiger charge is 2.13. The van der Waals surface area contributed by atoms with Gasteiger partial charge in [-0.15, -0.1) is 0 Å². The van der Waals surface area contributed by atoms with Crippen molar-refractivity contribution in [3.8, 4) is 0 Å². The van der Waals surface area contributed by atoms with Crippen molar-refractivity contribution in [2.75, 3.05) is 0 Å². The zero-order valence-corrected chi connectivity index (χ0v) is 9.99. The van der Waals surface area contributed by atoms with Crippen molar-refractivity contribution >= 4 is 22.6 Å². The van der Waals surface area contributed by atoms with E-state index in [1.54, 1.807) is 23.8 Å². The number of carbonyl (C=O) groups is 1. The Morgan fingerprint density at radius 3 is 2.78 bits per heavy atom. The van der Waals surface area contributed by atoms with E-state index in [4.69, 9.17) is 4.74 Å². The van der Waals surface area contributed by atoms with Crippen LogP contribution in [0.15, 0.2) is 30.5 Å². The molecule has 0 radical (unpaired) electrons. The van der Waals surface area contributed by atoms with Gasteiger partial charge in [0.25, 0.3) is 5.69 Å². The molecule has 6 heteroatoms. The van der Waals surface area contributed by atoms with Gasteiger partial charge >= 0.3 is 5.97 Å². The first-order valence-electron chi connectivity index (χ1n) is 5.41. The molecule has 0 saturated heterocycles. The minimum absolute atomic E-state index is 0.0116. The molecule has 1 heterocycles. The Morgan fingerprint density at radius 1 is 1.44 bits per heavy atom. The third kappa shape index (κ3) is 2.17. The molecule has 0 fully saturated rings. The molecule has 94 valence electrons. The van der Waals surface area contributed by atoms with Crippen molar-refractivity contribution in [2.45, 2.75) is 20.1 Å². The van der Waals surface area contributed by atoms with Gasteiger partial charge in [0.15, 0.2) is 6.23 Å². The van der Waals surface area contributed by atoms with E-state index >= 15 is 0 Å². The summed E-state index contributed by atoms with van der Waals surface area (Å²) in [6.45, 7) is 3.03. The molecule has 1 aromatic heterocycles. The second-order valence-electron chi connectivity index (χ2n) is 3.93. The van der Waals surface area contributed by atoms with Crippen LogP contribution >= 0.6 is 0 Å². The quantitative estimate of drug-likeness (QED) is 0.475. The summed E-state index contributed by atoms with van der Waals surface area (Å²) in [6.07, 6.45) is 1.24. The summed E-state index contributed by atoms with van der Waals surface area (Å²) >= 11 is 0. The lowest BCUT2D eigenvalue weighted by Crippen LogP contribution is -2.11. The maximum atomic E-state index is 10.9. The highest BCUT2D eigenvalue weighted by atomic mass is 16.6. The summed E-state index contributed by atoms with van der Waals surface area (Å²) in [5.74, 6) is -0.394. The first-order valence-corrected chi connectivity index (χ1v) is 5.41. The fourth-order valence-corrected chi connectivity index (χ4v) is 1.87. The molecular weight excluding hydrogens is 236 g/mol. The van der Waals surface area contributed by atoms with E-state index in [9.17, 15) is 14.9 Å². The van der Waals surface area contributed by atoms with Gasteiger partial charge in [-0.05, 0) is 19.1 Å². The van der Waals surface area contributed by atoms with Gasteiger partial charge in [0, 0.05) is 30.6 Å². The topological polar surface area (TPSA) is 74.4 Å². The lowest BCUT2D eigenvalue weighted by Gasteiger charge is -2.14. The fraction of sp³-hybridized carbons (Fsp3) is 0.250. The predicted molar refractivity (Wildman–Crippen MR) is 65.1 cm³/mol. The Kier molecular flexibility index (Phi) is 3.01. The Morgan fingerprint density at radius 2 is 2.17 bits per heavy atom. The summed E-state index contributed by atoms with van der Waals surface area (Å²) in [7, 11) is 0. The third-order valence-electron chi connectivity index (χ3n) is 2.65.